The fourth-order valence-corrected chi connectivity index (χ4v) is 6.08. The molecule has 13 heteroatoms. The SMILES string of the molecule is CN(Cc1cccc(C(=O)NO)c1)c1ccc(OCc2c(-c3c(Cl)cccc3Cl)nsc2C2CC2)nc1C(F)(F)F. The maximum absolute atomic E-state index is 14.1. The monoisotopic (exact) mass is 622 g/mol. The van der Waals surface area contributed by atoms with E-state index in [2.05, 4.69) is 9.36 Å². The first-order valence-electron chi connectivity index (χ1n) is 12.4. The number of amides is 1. The number of hydrogen-bond donors (Lipinski definition) is 2. The summed E-state index contributed by atoms with van der Waals surface area (Å²) in [6.45, 7) is -0.0107. The van der Waals surface area contributed by atoms with Gasteiger partial charge in [0.2, 0.25) is 5.88 Å². The Kier molecular flexibility index (Phi) is 8.42. The standard InChI is InChI=1S/C28H23Cl2F3N4O3S/c1-37(13-15-4-2-5-17(12-15)27(38)35-39)21-10-11-22(34-26(21)28(31,32)33)40-14-18-24(36-41-25(18)16-8-9-16)23-19(29)6-3-7-20(23)30/h2-7,10-12,16,39H,8-9,13-14H2,1H3,(H,35,38). The van der Waals surface area contributed by atoms with Crippen LogP contribution in [-0.4, -0.2) is 27.5 Å². The number of alkyl halides is 3. The molecule has 2 N–H and O–H groups in total. The number of carbonyl (C=O) groups excluding carboxylic acids is 1. The van der Waals surface area contributed by atoms with Crippen LogP contribution in [0.1, 0.15) is 50.8 Å². The molecule has 1 saturated carbocycles. The second-order valence-electron chi connectivity index (χ2n) is 9.55. The van der Waals surface area contributed by atoms with Gasteiger partial charge in [-0.3, -0.25) is 10.0 Å². The number of anilines is 1. The molecule has 214 valence electrons. The molecule has 1 amide bonds. The molecular formula is C28H23Cl2F3N4O3S. The second-order valence-corrected chi connectivity index (χ2v) is 11.2. The van der Waals surface area contributed by atoms with Crippen LogP contribution in [0.3, 0.4) is 0 Å². The molecule has 4 aromatic rings. The number of hydroxylamine groups is 1. The van der Waals surface area contributed by atoms with Crippen LogP contribution in [-0.2, 0) is 19.3 Å². The molecule has 7 nitrogen and oxygen atoms in total. The minimum absolute atomic E-state index is 0.0464. The molecule has 1 aliphatic carbocycles. The average Bonchev–Trinajstić information content (AvgIpc) is 3.71. The summed E-state index contributed by atoms with van der Waals surface area (Å²) < 4.78 is 52.9. The van der Waals surface area contributed by atoms with E-state index in [1.165, 1.54) is 47.7 Å². The Morgan fingerprint density at radius 2 is 1.85 bits per heavy atom. The van der Waals surface area contributed by atoms with Gasteiger partial charge < -0.3 is 9.64 Å². The van der Waals surface area contributed by atoms with Crippen molar-refractivity contribution in [3.63, 3.8) is 0 Å². The van der Waals surface area contributed by atoms with E-state index in [4.69, 9.17) is 33.1 Å². The summed E-state index contributed by atoms with van der Waals surface area (Å²) in [6, 6.07) is 14.0. The Morgan fingerprint density at radius 1 is 1.15 bits per heavy atom. The molecule has 5 rings (SSSR count). The number of carbonyl (C=O) groups is 1. The molecule has 41 heavy (non-hydrogen) atoms. The van der Waals surface area contributed by atoms with Crippen molar-refractivity contribution in [1.82, 2.24) is 14.8 Å². The molecule has 1 fully saturated rings. The molecule has 2 aromatic heterocycles. The molecule has 1 aliphatic rings. The van der Waals surface area contributed by atoms with Crippen LogP contribution in [0.15, 0.2) is 54.6 Å². The molecule has 0 unspecified atom stereocenters. The zero-order valence-corrected chi connectivity index (χ0v) is 23.8. The quantitative estimate of drug-likeness (QED) is 0.147. The first-order chi connectivity index (χ1) is 19.6. The van der Waals surface area contributed by atoms with Crippen molar-refractivity contribution in [2.45, 2.75) is 38.1 Å². The lowest BCUT2D eigenvalue weighted by Gasteiger charge is -2.23. The zero-order valence-electron chi connectivity index (χ0n) is 21.5. The largest absolute Gasteiger partial charge is 0.473 e. The highest BCUT2D eigenvalue weighted by Crippen LogP contribution is 2.48. The Labute approximate surface area is 247 Å². The van der Waals surface area contributed by atoms with E-state index >= 15 is 0 Å². The van der Waals surface area contributed by atoms with Crippen LogP contribution >= 0.6 is 34.7 Å². The summed E-state index contributed by atoms with van der Waals surface area (Å²) >= 11 is 14.2. The number of aromatic nitrogens is 2. The predicted molar refractivity (Wildman–Crippen MR) is 151 cm³/mol. The molecule has 0 saturated heterocycles. The van der Waals surface area contributed by atoms with Gasteiger partial charge in [0.25, 0.3) is 5.91 Å². The maximum Gasteiger partial charge on any atom is 0.435 e. The van der Waals surface area contributed by atoms with Crippen molar-refractivity contribution < 1.29 is 27.9 Å². The van der Waals surface area contributed by atoms with Crippen LogP contribution in [0.25, 0.3) is 11.3 Å². The van der Waals surface area contributed by atoms with Gasteiger partial charge in [0.15, 0.2) is 5.69 Å². The van der Waals surface area contributed by atoms with Gasteiger partial charge in [-0.15, -0.1) is 0 Å². The lowest BCUT2D eigenvalue weighted by atomic mass is 10.0. The van der Waals surface area contributed by atoms with Gasteiger partial charge in [0, 0.05) is 41.2 Å². The van der Waals surface area contributed by atoms with Crippen molar-refractivity contribution in [2.24, 2.45) is 0 Å². The van der Waals surface area contributed by atoms with Gasteiger partial charge in [0.05, 0.1) is 21.4 Å². The van der Waals surface area contributed by atoms with E-state index < -0.39 is 17.8 Å². The van der Waals surface area contributed by atoms with E-state index in [1.54, 1.807) is 35.8 Å². The number of nitrogens with zero attached hydrogens (tertiary/aromatic N) is 3. The lowest BCUT2D eigenvalue weighted by molar-refractivity contribution is -0.140. The highest BCUT2D eigenvalue weighted by Gasteiger charge is 2.37. The fraction of sp³-hybridized carbons (Fsp3) is 0.250. The van der Waals surface area contributed by atoms with Crippen molar-refractivity contribution in [3.05, 3.63) is 91.9 Å². The van der Waals surface area contributed by atoms with E-state index in [-0.39, 0.29) is 30.3 Å². The van der Waals surface area contributed by atoms with Crippen LogP contribution in [0.5, 0.6) is 5.88 Å². The number of rotatable bonds is 9. The fourth-order valence-electron chi connectivity index (χ4n) is 4.46. The highest BCUT2D eigenvalue weighted by molar-refractivity contribution is 7.06. The molecular weight excluding hydrogens is 600 g/mol. The first-order valence-corrected chi connectivity index (χ1v) is 14.0. The molecule has 0 atom stereocenters. The molecule has 2 aromatic carbocycles. The third kappa shape index (κ3) is 6.43. The first kappa shape index (κ1) is 29.1. The summed E-state index contributed by atoms with van der Waals surface area (Å²) in [5.41, 5.74) is 2.83. The highest BCUT2D eigenvalue weighted by atomic mass is 35.5. The summed E-state index contributed by atoms with van der Waals surface area (Å²) in [6.07, 6.45) is -2.77. The summed E-state index contributed by atoms with van der Waals surface area (Å²) in [5, 5.41) is 9.70. The Hall–Kier alpha value is -3.38. The van der Waals surface area contributed by atoms with Gasteiger partial charge in [-0.1, -0.05) is 41.4 Å². The number of benzene rings is 2. The van der Waals surface area contributed by atoms with Crippen molar-refractivity contribution in [2.75, 3.05) is 11.9 Å². The second kappa shape index (κ2) is 11.8. The van der Waals surface area contributed by atoms with E-state index in [1.807, 2.05) is 0 Å². The number of pyridine rings is 1. The molecule has 0 bridgehead atoms. The molecule has 0 aliphatic heterocycles. The summed E-state index contributed by atoms with van der Waals surface area (Å²) in [5.74, 6) is -0.600. The number of ether oxygens (including phenoxy) is 1. The van der Waals surface area contributed by atoms with Crippen LogP contribution in [0.2, 0.25) is 10.0 Å². The van der Waals surface area contributed by atoms with E-state index in [0.29, 0.717) is 32.8 Å². The maximum atomic E-state index is 14.1. The lowest BCUT2D eigenvalue weighted by Crippen LogP contribution is -2.23. The average molecular weight is 623 g/mol. The topological polar surface area (TPSA) is 87.6 Å². The van der Waals surface area contributed by atoms with Gasteiger partial charge in [0.1, 0.15) is 6.61 Å². The Balaban J connectivity index is 1.41. The zero-order chi connectivity index (χ0) is 29.3. The third-order valence-corrected chi connectivity index (χ3v) is 8.25. The minimum atomic E-state index is -4.76. The van der Waals surface area contributed by atoms with E-state index in [0.717, 1.165) is 23.3 Å². The third-order valence-electron chi connectivity index (χ3n) is 6.57. The van der Waals surface area contributed by atoms with Gasteiger partial charge >= 0.3 is 6.18 Å². The number of halogens is 5. The smallest absolute Gasteiger partial charge is 0.435 e. The van der Waals surface area contributed by atoms with Crippen molar-refractivity contribution in [1.29, 1.82) is 0 Å². The summed E-state index contributed by atoms with van der Waals surface area (Å²) in [7, 11) is 1.49. The van der Waals surface area contributed by atoms with Gasteiger partial charge in [-0.05, 0) is 66.2 Å². The Morgan fingerprint density at radius 3 is 2.51 bits per heavy atom. The van der Waals surface area contributed by atoms with Crippen molar-refractivity contribution in [3.8, 4) is 17.1 Å². The van der Waals surface area contributed by atoms with Crippen LogP contribution in [0.4, 0.5) is 18.9 Å². The van der Waals surface area contributed by atoms with E-state index in [9.17, 15) is 18.0 Å². The van der Waals surface area contributed by atoms with Gasteiger partial charge in [-0.25, -0.2) is 10.5 Å². The molecule has 0 spiro atoms. The van der Waals surface area contributed by atoms with Crippen LogP contribution in [0, 0.1) is 0 Å². The van der Waals surface area contributed by atoms with Gasteiger partial charge in [-0.2, -0.15) is 17.5 Å². The predicted octanol–water partition coefficient (Wildman–Crippen LogP) is 7.74. The minimum Gasteiger partial charge on any atom is -0.473 e. The summed E-state index contributed by atoms with van der Waals surface area (Å²) in [4.78, 5) is 17.9. The number of hydrogen-bond acceptors (Lipinski definition) is 7. The number of nitrogens with one attached hydrogen (secondary N) is 1. The van der Waals surface area contributed by atoms with Crippen molar-refractivity contribution >= 4 is 46.3 Å². The molecule has 0 radical (unpaired) electrons. The normalized spacial score (nSPS) is 13.2. The Bertz CT molecular complexity index is 1570. The van der Waals surface area contributed by atoms with Crippen LogP contribution < -0.4 is 15.1 Å². The molecule has 2 heterocycles.